The van der Waals surface area contributed by atoms with Gasteiger partial charge in [0.05, 0.1) is 4.92 Å². The molecule has 0 saturated heterocycles. The van der Waals surface area contributed by atoms with E-state index in [2.05, 4.69) is 28.8 Å². The number of amides is 1. The molecule has 2 rings (SSSR count). The van der Waals surface area contributed by atoms with Crippen molar-refractivity contribution in [2.75, 3.05) is 30.9 Å². The number of hydrogen-bond donors (Lipinski definition) is 2. The van der Waals surface area contributed by atoms with Crippen LogP contribution in [-0.2, 0) is 10.0 Å². The summed E-state index contributed by atoms with van der Waals surface area (Å²) in [6, 6.07) is 10.9. The van der Waals surface area contributed by atoms with Crippen LogP contribution in [0.1, 0.15) is 24.2 Å². The summed E-state index contributed by atoms with van der Waals surface area (Å²) in [4.78, 5) is 24.3. The van der Waals surface area contributed by atoms with Crippen LogP contribution in [0.2, 0.25) is 0 Å². The molecule has 0 heterocycles. The number of likely N-dealkylation sites (N-methyl/N-ethyl adjacent to an activating group) is 1. The Morgan fingerprint density at radius 3 is 2.28 bits per heavy atom. The number of benzene rings is 2. The summed E-state index contributed by atoms with van der Waals surface area (Å²) in [6.07, 6.45) is 0. The van der Waals surface area contributed by atoms with Crippen molar-refractivity contribution < 1.29 is 18.1 Å². The van der Waals surface area contributed by atoms with Crippen molar-refractivity contribution in [3.05, 3.63) is 64.2 Å². The zero-order chi connectivity index (χ0) is 21.4. The maximum Gasteiger partial charge on any atom is 0.289 e. The van der Waals surface area contributed by atoms with Gasteiger partial charge in [0, 0.05) is 30.4 Å². The van der Waals surface area contributed by atoms with Gasteiger partial charge in [-0.15, -0.1) is 0 Å². The van der Waals surface area contributed by atoms with E-state index in [0.29, 0.717) is 12.1 Å². The summed E-state index contributed by atoms with van der Waals surface area (Å²) in [5, 5.41) is 13.9. The third-order valence-corrected chi connectivity index (χ3v) is 5.79. The van der Waals surface area contributed by atoms with Crippen LogP contribution in [0.15, 0.2) is 53.4 Å². The molecular weight excluding hydrogens is 396 g/mol. The van der Waals surface area contributed by atoms with Crippen molar-refractivity contribution in [1.82, 2.24) is 10.2 Å². The zero-order valence-electron chi connectivity index (χ0n) is 16.3. The number of nitro groups is 1. The molecule has 2 N–H and O–H groups in total. The van der Waals surface area contributed by atoms with E-state index >= 15 is 0 Å². The first-order valence-corrected chi connectivity index (χ1v) is 10.6. The Kier molecular flexibility index (Phi) is 7.68. The summed E-state index contributed by atoms with van der Waals surface area (Å²) in [5.74, 6) is -0.259. The number of para-hydroxylation sites is 1. The number of rotatable bonds is 10. The van der Waals surface area contributed by atoms with Crippen molar-refractivity contribution in [1.29, 1.82) is 0 Å². The van der Waals surface area contributed by atoms with Crippen LogP contribution in [0.4, 0.5) is 11.4 Å². The molecule has 0 spiro atoms. The van der Waals surface area contributed by atoms with E-state index in [1.54, 1.807) is 0 Å². The van der Waals surface area contributed by atoms with Crippen LogP contribution in [0.3, 0.4) is 0 Å². The molecule has 156 valence electrons. The van der Waals surface area contributed by atoms with Crippen molar-refractivity contribution in [3.63, 3.8) is 0 Å². The minimum absolute atomic E-state index is 0.197. The molecule has 0 atom stereocenters. The van der Waals surface area contributed by atoms with E-state index < -0.39 is 25.5 Å². The topological polar surface area (TPSA) is 122 Å². The first-order chi connectivity index (χ1) is 13.8. The number of hydrogen-bond acceptors (Lipinski definition) is 6. The molecule has 0 aliphatic rings. The van der Waals surface area contributed by atoms with Crippen molar-refractivity contribution in [2.45, 2.75) is 18.7 Å². The second-order valence-corrected chi connectivity index (χ2v) is 7.84. The van der Waals surface area contributed by atoms with Crippen LogP contribution in [-0.4, -0.2) is 50.3 Å². The Labute approximate surface area is 169 Å². The lowest BCUT2D eigenvalue weighted by atomic mass is 10.2. The minimum atomic E-state index is -4.15. The maximum absolute atomic E-state index is 12.5. The summed E-state index contributed by atoms with van der Waals surface area (Å²) in [6.45, 7) is 7.16. The lowest BCUT2D eigenvalue weighted by molar-refractivity contribution is -0.387. The highest BCUT2D eigenvalue weighted by atomic mass is 32.2. The van der Waals surface area contributed by atoms with Crippen LogP contribution < -0.4 is 10.0 Å². The normalized spacial score (nSPS) is 11.3. The van der Waals surface area contributed by atoms with E-state index in [1.165, 1.54) is 36.4 Å². The molecule has 0 unspecified atom stereocenters. The standard InChI is InChI=1S/C19H24N4O5S/c1-3-22(4-2)14-13-20-19(24)15-9-11-16(12-10-15)21-29(27,28)18-8-6-5-7-17(18)23(25)26/h5-12,21H,3-4,13-14H2,1-2H3,(H,20,24). The molecule has 0 aromatic heterocycles. The number of carbonyl (C=O) groups is 1. The van der Waals surface area contributed by atoms with Gasteiger partial charge in [-0.05, 0) is 43.4 Å². The molecule has 0 saturated carbocycles. The maximum atomic E-state index is 12.5. The van der Waals surface area contributed by atoms with E-state index in [0.717, 1.165) is 31.8 Å². The van der Waals surface area contributed by atoms with Crippen molar-refractivity contribution in [2.24, 2.45) is 0 Å². The van der Waals surface area contributed by atoms with Crippen molar-refractivity contribution >= 4 is 27.3 Å². The van der Waals surface area contributed by atoms with Gasteiger partial charge in [-0.1, -0.05) is 26.0 Å². The number of nitro benzene ring substituents is 1. The van der Waals surface area contributed by atoms with Gasteiger partial charge in [-0.25, -0.2) is 8.42 Å². The van der Waals surface area contributed by atoms with Gasteiger partial charge in [-0.2, -0.15) is 0 Å². The van der Waals surface area contributed by atoms with Crippen LogP contribution in [0.5, 0.6) is 0 Å². The lowest BCUT2D eigenvalue weighted by Crippen LogP contribution is -2.34. The molecule has 0 aliphatic heterocycles. The highest BCUT2D eigenvalue weighted by Crippen LogP contribution is 2.25. The average molecular weight is 420 g/mol. The fourth-order valence-electron chi connectivity index (χ4n) is 2.70. The smallest absolute Gasteiger partial charge is 0.289 e. The average Bonchev–Trinajstić information content (AvgIpc) is 2.71. The number of sulfonamides is 1. The number of nitrogens with zero attached hydrogens (tertiary/aromatic N) is 2. The lowest BCUT2D eigenvalue weighted by Gasteiger charge is -2.18. The fraction of sp³-hybridized carbons (Fsp3) is 0.316. The first-order valence-electron chi connectivity index (χ1n) is 9.15. The minimum Gasteiger partial charge on any atom is -0.351 e. The third-order valence-electron chi connectivity index (χ3n) is 4.36. The molecular formula is C19H24N4O5S. The second kappa shape index (κ2) is 9.99. The van der Waals surface area contributed by atoms with Gasteiger partial charge < -0.3 is 10.2 Å². The Balaban J connectivity index is 2.05. The third kappa shape index (κ3) is 6.00. The van der Waals surface area contributed by atoms with E-state index in [1.807, 2.05) is 0 Å². The van der Waals surface area contributed by atoms with Crippen LogP contribution >= 0.6 is 0 Å². The fourth-order valence-corrected chi connectivity index (χ4v) is 3.94. The second-order valence-electron chi connectivity index (χ2n) is 6.19. The molecule has 0 fully saturated rings. The summed E-state index contributed by atoms with van der Waals surface area (Å²) in [7, 11) is -4.15. The molecule has 9 nitrogen and oxygen atoms in total. The number of nitrogens with one attached hydrogen (secondary N) is 2. The number of anilines is 1. The molecule has 0 radical (unpaired) electrons. The number of carbonyl (C=O) groups excluding carboxylic acids is 1. The first kappa shape index (κ1) is 22.3. The summed E-state index contributed by atoms with van der Waals surface area (Å²) < 4.78 is 27.3. The van der Waals surface area contributed by atoms with Crippen LogP contribution in [0, 0.1) is 10.1 Å². The highest BCUT2D eigenvalue weighted by molar-refractivity contribution is 7.92. The molecule has 29 heavy (non-hydrogen) atoms. The van der Waals surface area contributed by atoms with Gasteiger partial charge in [-0.3, -0.25) is 19.6 Å². The quantitative estimate of drug-likeness (QED) is 0.450. The van der Waals surface area contributed by atoms with E-state index in [-0.39, 0.29) is 11.6 Å². The zero-order valence-corrected chi connectivity index (χ0v) is 17.1. The monoisotopic (exact) mass is 420 g/mol. The summed E-state index contributed by atoms with van der Waals surface area (Å²) in [5.41, 5.74) is 0.0743. The van der Waals surface area contributed by atoms with Gasteiger partial charge in [0.25, 0.3) is 21.6 Å². The highest BCUT2D eigenvalue weighted by Gasteiger charge is 2.25. The predicted octanol–water partition coefficient (Wildman–Crippen LogP) is 2.47. The molecule has 10 heteroatoms. The van der Waals surface area contributed by atoms with Gasteiger partial charge in [0.1, 0.15) is 0 Å². The van der Waals surface area contributed by atoms with Gasteiger partial charge >= 0.3 is 0 Å². The molecule has 0 bridgehead atoms. The molecule has 2 aromatic carbocycles. The summed E-state index contributed by atoms with van der Waals surface area (Å²) >= 11 is 0. The molecule has 2 aromatic rings. The Bertz CT molecular complexity index is 957. The Hall–Kier alpha value is -2.98. The Morgan fingerprint density at radius 1 is 1.07 bits per heavy atom. The van der Waals surface area contributed by atoms with Crippen LogP contribution in [0.25, 0.3) is 0 Å². The molecule has 1 amide bonds. The van der Waals surface area contributed by atoms with E-state index in [9.17, 15) is 23.3 Å². The van der Waals surface area contributed by atoms with E-state index in [4.69, 9.17) is 0 Å². The van der Waals surface area contributed by atoms with Gasteiger partial charge in [0.2, 0.25) is 0 Å². The predicted molar refractivity (Wildman–Crippen MR) is 110 cm³/mol. The largest absolute Gasteiger partial charge is 0.351 e. The van der Waals surface area contributed by atoms with Crippen molar-refractivity contribution in [3.8, 4) is 0 Å². The SMILES string of the molecule is CCN(CC)CCNC(=O)c1ccc(NS(=O)(=O)c2ccccc2[N+](=O)[O-])cc1. The van der Waals surface area contributed by atoms with Gasteiger partial charge in [0.15, 0.2) is 4.90 Å². The molecule has 0 aliphatic carbocycles. The Morgan fingerprint density at radius 2 is 1.69 bits per heavy atom.